The number of methoxy groups -OCH3 is 1. The molecule has 0 bridgehead atoms. The number of rotatable bonds is 3. The first-order valence-electron chi connectivity index (χ1n) is 4.13. The third-order valence-corrected chi connectivity index (χ3v) is 2.00. The Morgan fingerprint density at radius 3 is 2.77 bits per heavy atom. The van der Waals surface area contributed by atoms with Crippen molar-refractivity contribution < 1.29 is 14.2 Å². The number of aliphatic hydroxyl groups is 1. The molecule has 0 amide bonds. The first kappa shape index (κ1) is 9.99. The molecule has 0 aromatic heterocycles. The van der Waals surface area contributed by atoms with E-state index in [4.69, 9.17) is 9.84 Å². The van der Waals surface area contributed by atoms with E-state index in [2.05, 4.69) is 0 Å². The number of hydrogen-bond acceptors (Lipinski definition) is 2. The quantitative estimate of drug-likeness (QED) is 0.777. The molecule has 13 heavy (non-hydrogen) atoms. The Morgan fingerprint density at radius 1 is 1.54 bits per heavy atom. The van der Waals surface area contributed by atoms with Gasteiger partial charge < -0.3 is 9.84 Å². The van der Waals surface area contributed by atoms with Crippen molar-refractivity contribution in [1.29, 1.82) is 0 Å². The van der Waals surface area contributed by atoms with E-state index in [1.807, 2.05) is 6.92 Å². The third kappa shape index (κ3) is 2.18. The average Bonchev–Trinajstić information content (AvgIpc) is 2.16. The highest BCUT2D eigenvalue weighted by atomic mass is 19.1. The maximum Gasteiger partial charge on any atom is 0.123 e. The second-order valence-corrected chi connectivity index (χ2v) is 2.97. The molecule has 1 N–H and O–H groups in total. The van der Waals surface area contributed by atoms with Crippen LogP contribution in [0.1, 0.15) is 18.4 Å². The van der Waals surface area contributed by atoms with Crippen molar-refractivity contribution in [2.45, 2.75) is 12.8 Å². The summed E-state index contributed by atoms with van der Waals surface area (Å²) in [6.07, 6.45) is 0. The molecule has 72 valence electrons. The normalized spacial score (nSPS) is 12.6. The number of benzene rings is 1. The first-order chi connectivity index (χ1) is 6.19. The molecule has 0 aliphatic carbocycles. The van der Waals surface area contributed by atoms with E-state index in [-0.39, 0.29) is 18.3 Å². The smallest absolute Gasteiger partial charge is 0.123 e. The van der Waals surface area contributed by atoms with Crippen LogP contribution in [0.2, 0.25) is 0 Å². The van der Waals surface area contributed by atoms with Crippen LogP contribution in [-0.2, 0) is 0 Å². The van der Waals surface area contributed by atoms with Crippen molar-refractivity contribution in [3.63, 3.8) is 0 Å². The van der Waals surface area contributed by atoms with Crippen LogP contribution >= 0.6 is 0 Å². The van der Waals surface area contributed by atoms with Gasteiger partial charge in [-0.3, -0.25) is 0 Å². The summed E-state index contributed by atoms with van der Waals surface area (Å²) in [5.41, 5.74) is 0.699. The van der Waals surface area contributed by atoms with Gasteiger partial charge >= 0.3 is 0 Å². The molecule has 1 aromatic rings. The standard InChI is InChI=1S/C10H13FO2/c1-7(6-12)9-5-8(11)3-4-10(9)13-2/h3-5,7,12H,6H2,1-2H3/t7-/m1/s1. The Kier molecular flexibility index (Phi) is 3.25. The van der Waals surface area contributed by atoms with Crippen molar-refractivity contribution in [2.24, 2.45) is 0 Å². The van der Waals surface area contributed by atoms with Gasteiger partial charge in [0.25, 0.3) is 0 Å². The van der Waals surface area contributed by atoms with Gasteiger partial charge in [0, 0.05) is 18.1 Å². The second-order valence-electron chi connectivity index (χ2n) is 2.97. The van der Waals surface area contributed by atoms with Crippen molar-refractivity contribution in [1.82, 2.24) is 0 Å². The van der Waals surface area contributed by atoms with Gasteiger partial charge in [0.1, 0.15) is 11.6 Å². The summed E-state index contributed by atoms with van der Waals surface area (Å²) in [5, 5.41) is 8.92. The van der Waals surface area contributed by atoms with Gasteiger partial charge in [-0.2, -0.15) is 0 Å². The minimum Gasteiger partial charge on any atom is -0.496 e. The van der Waals surface area contributed by atoms with E-state index < -0.39 is 0 Å². The van der Waals surface area contributed by atoms with Gasteiger partial charge in [-0.25, -0.2) is 4.39 Å². The molecule has 0 aliphatic rings. The van der Waals surface area contributed by atoms with E-state index in [1.54, 1.807) is 6.07 Å². The monoisotopic (exact) mass is 184 g/mol. The maximum atomic E-state index is 12.8. The summed E-state index contributed by atoms with van der Waals surface area (Å²) in [5.74, 6) is 0.199. The van der Waals surface area contributed by atoms with Crippen LogP contribution in [-0.4, -0.2) is 18.8 Å². The molecule has 0 fully saturated rings. The van der Waals surface area contributed by atoms with Crippen LogP contribution in [0.25, 0.3) is 0 Å². The maximum absolute atomic E-state index is 12.8. The lowest BCUT2D eigenvalue weighted by atomic mass is 10.0. The Morgan fingerprint density at radius 2 is 2.23 bits per heavy atom. The molecule has 0 aliphatic heterocycles. The summed E-state index contributed by atoms with van der Waals surface area (Å²) in [6, 6.07) is 4.29. The highest BCUT2D eigenvalue weighted by Crippen LogP contribution is 2.26. The van der Waals surface area contributed by atoms with Crippen LogP contribution in [0, 0.1) is 5.82 Å². The Labute approximate surface area is 77.0 Å². The van der Waals surface area contributed by atoms with Crippen LogP contribution in [0.4, 0.5) is 4.39 Å². The summed E-state index contributed by atoms with van der Waals surface area (Å²) in [6.45, 7) is 1.80. The second kappa shape index (κ2) is 4.23. The Balaban J connectivity index is 3.07. The topological polar surface area (TPSA) is 29.5 Å². The fraction of sp³-hybridized carbons (Fsp3) is 0.400. The largest absolute Gasteiger partial charge is 0.496 e. The van der Waals surface area contributed by atoms with Gasteiger partial charge in [0.2, 0.25) is 0 Å². The molecule has 1 rings (SSSR count). The summed E-state index contributed by atoms with van der Waals surface area (Å²) >= 11 is 0. The fourth-order valence-electron chi connectivity index (χ4n) is 1.19. The lowest BCUT2D eigenvalue weighted by molar-refractivity contribution is 0.269. The molecular formula is C10H13FO2. The number of ether oxygens (including phenoxy) is 1. The summed E-state index contributed by atoms with van der Waals surface area (Å²) < 4.78 is 17.9. The van der Waals surface area contributed by atoms with Gasteiger partial charge in [0.05, 0.1) is 7.11 Å². The molecule has 1 atom stereocenters. The minimum absolute atomic E-state index is 0.0141. The molecule has 1 aromatic carbocycles. The van der Waals surface area contributed by atoms with E-state index in [9.17, 15) is 4.39 Å². The molecule has 0 radical (unpaired) electrons. The van der Waals surface area contributed by atoms with Gasteiger partial charge in [-0.1, -0.05) is 6.92 Å². The van der Waals surface area contributed by atoms with Gasteiger partial charge in [-0.15, -0.1) is 0 Å². The van der Waals surface area contributed by atoms with Gasteiger partial charge in [-0.05, 0) is 18.2 Å². The van der Waals surface area contributed by atoms with Crippen molar-refractivity contribution >= 4 is 0 Å². The molecule has 3 heteroatoms. The number of hydrogen-bond donors (Lipinski definition) is 1. The number of halogens is 1. The molecule has 0 unspecified atom stereocenters. The SMILES string of the molecule is COc1ccc(F)cc1[C@H](C)CO. The lowest BCUT2D eigenvalue weighted by Crippen LogP contribution is -2.02. The van der Waals surface area contributed by atoms with Crippen LogP contribution in [0.15, 0.2) is 18.2 Å². The van der Waals surface area contributed by atoms with Crippen LogP contribution in [0.3, 0.4) is 0 Å². The highest BCUT2D eigenvalue weighted by Gasteiger charge is 2.10. The third-order valence-electron chi connectivity index (χ3n) is 2.00. The van der Waals surface area contributed by atoms with E-state index >= 15 is 0 Å². The van der Waals surface area contributed by atoms with Crippen molar-refractivity contribution in [3.05, 3.63) is 29.6 Å². The molecule has 2 nitrogen and oxygen atoms in total. The molecule has 0 spiro atoms. The molecular weight excluding hydrogens is 171 g/mol. The fourth-order valence-corrected chi connectivity index (χ4v) is 1.19. The predicted octanol–water partition coefficient (Wildman–Crippen LogP) is 1.93. The van der Waals surface area contributed by atoms with E-state index in [1.165, 1.54) is 19.2 Å². The average molecular weight is 184 g/mol. The molecule has 0 saturated heterocycles. The van der Waals surface area contributed by atoms with E-state index in [0.717, 1.165) is 0 Å². The number of aliphatic hydroxyl groups excluding tert-OH is 1. The van der Waals surface area contributed by atoms with Crippen molar-refractivity contribution in [3.8, 4) is 5.75 Å². The Bertz CT molecular complexity index is 286. The predicted molar refractivity (Wildman–Crippen MR) is 48.5 cm³/mol. The lowest BCUT2D eigenvalue weighted by Gasteiger charge is -2.12. The van der Waals surface area contributed by atoms with Gasteiger partial charge in [0.15, 0.2) is 0 Å². The highest BCUT2D eigenvalue weighted by molar-refractivity contribution is 5.36. The van der Waals surface area contributed by atoms with Crippen LogP contribution in [0.5, 0.6) is 5.75 Å². The summed E-state index contributed by atoms with van der Waals surface area (Å²) in [7, 11) is 1.53. The van der Waals surface area contributed by atoms with Crippen molar-refractivity contribution in [2.75, 3.05) is 13.7 Å². The Hall–Kier alpha value is -1.09. The zero-order valence-electron chi connectivity index (χ0n) is 7.75. The molecule has 0 saturated carbocycles. The first-order valence-corrected chi connectivity index (χ1v) is 4.13. The zero-order chi connectivity index (χ0) is 9.84. The van der Waals surface area contributed by atoms with E-state index in [0.29, 0.717) is 11.3 Å². The summed E-state index contributed by atoms with van der Waals surface area (Å²) in [4.78, 5) is 0. The minimum atomic E-state index is -0.309. The molecule has 0 heterocycles. The zero-order valence-corrected chi connectivity index (χ0v) is 7.75. The van der Waals surface area contributed by atoms with Crippen LogP contribution < -0.4 is 4.74 Å².